The van der Waals surface area contributed by atoms with Crippen LogP contribution in [0.25, 0.3) is 22.7 Å². The van der Waals surface area contributed by atoms with Gasteiger partial charge in [0.1, 0.15) is 17.6 Å². The van der Waals surface area contributed by atoms with Gasteiger partial charge in [0.05, 0.1) is 23.7 Å². The number of carbonyl (C=O) groups is 1. The van der Waals surface area contributed by atoms with Gasteiger partial charge in [0.15, 0.2) is 6.61 Å². The van der Waals surface area contributed by atoms with Gasteiger partial charge in [-0.1, -0.05) is 18.2 Å². The summed E-state index contributed by atoms with van der Waals surface area (Å²) >= 11 is 0. The summed E-state index contributed by atoms with van der Waals surface area (Å²) in [5, 5.41) is 9.49. The van der Waals surface area contributed by atoms with Crippen LogP contribution in [-0.2, 0) is 9.53 Å². The summed E-state index contributed by atoms with van der Waals surface area (Å²) < 4.78 is 9.83. The van der Waals surface area contributed by atoms with E-state index >= 15 is 0 Å². The number of hydrogen-bond donors (Lipinski definition) is 1. The molecule has 130 valence electrons. The van der Waals surface area contributed by atoms with Crippen LogP contribution < -0.4 is 4.74 Å². The number of carbonyl (C=O) groups excluding carboxylic acids is 1. The first-order valence-electron chi connectivity index (χ1n) is 7.97. The van der Waals surface area contributed by atoms with E-state index in [1.54, 1.807) is 30.3 Å². The van der Waals surface area contributed by atoms with E-state index in [1.165, 1.54) is 7.11 Å². The van der Waals surface area contributed by atoms with Crippen LogP contribution in [0.1, 0.15) is 17.0 Å². The molecule has 0 saturated heterocycles. The molecule has 0 radical (unpaired) electrons. The standard InChI is InChI=1S/C20H17N3O3/c1-13-3-8-17-18(9-13)23-20(22-17)15(11-21)10-14-4-6-16(7-5-14)26-12-19(24)25-2/h3-10H,12H2,1-2H3,(H,22,23). The van der Waals surface area contributed by atoms with Crippen LogP contribution in [0, 0.1) is 18.3 Å². The maximum Gasteiger partial charge on any atom is 0.343 e. The largest absolute Gasteiger partial charge is 0.482 e. The number of ether oxygens (including phenoxy) is 2. The van der Waals surface area contributed by atoms with Crippen LogP contribution in [0.3, 0.4) is 0 Å². The van der Waals surface area contributed by atoms with Gasteiger partial charge in [-0.25, -0.2) is 9.78 Å². The third-order valence-electron chi connectivity index (χ3n) is 3.79. The Hall–Kier alpha value is -3.59. The molecule has 3 rings (SSSR count). The number of benzene rings is 2. The molecule has 0 spiro atoms. The lowest BCUT2D eigenvalue weighted by molar-refractivity contribution is -0.142. The number of nitriles is 1. The number of imidazole rings is 1. The minimum absolute atomic E-state index is 0.145. The van der Waals surface area contributed by atoms with Gasteiger partial charge in [0.25, 0.3) is 0 Å². The molecule has 3 aromatic rings. The van der Waals surface area contributed by atoms with Gasteiger partial charge in [0.2, 0.25) is 0 Å². The summed E-state index contributed by atoms with van der Waals surface area (Å²) in [7, 11) is 1.31. The topological polar surface area (TPSA) is 88.0 Å². The molecule has 0 saturated carbocycles. The van der Waals surface area contributed by atoms with Crippen LogP contribution in [0.2, 0.25) is 0 Å². The first kappa shape index (κ1) is 17.2. The predicted octanol–water partition coefficient (Wildman–Crippen LogP) is 3.49. The average Bonchev–Trinajstić information content (AvgIpc) is 3.07. The summed E-state index contributed by atoms with van der Waals surface area (Å²) in [4.78, 5) is 18.7. The molecular formula is C20H17N3O3. The first-order chi connectivity index (χ1) is 12.6. The minimum atomic E-state index is -0.444. The number of aryl methyl sites for hydroxylation is 1. The molecule has 0 atom stereocenters. The third-order valence-corrected chi connectivity index (χ3v) is 3.79. The highest BCUT2D eigenvalue weighted by atomic mass is 16.6. The van der Waals surface area contributed by atoms with Crippen LogP contribution in [-0.4, -0.2) is 29.7 Å². The maximum atomic E-state index is 11.1. The van der Waals surface area contributed by atoms with E-state index < -0.39 is 5.97 Å². The van der Waals surface area contributed by atoms with Gasteiger partial charge in [-0.3, -0.25) is 0 Å². The summed E-state index contributed by atoms with van der Waals surface area (Å²) in [5.74, 6) is 0.630. The lowest BCUT2D eigenvalue weighted by atomic mass is 10.1. The highest BCUT2D eigenvalue weighted by Crippen LogP contribution is 2.21. The Bertz CT molecular complexity index is 1010. The molecule has 0 fully saturated rings. The van der Waals surface area contributed by atoms with E-state index in [1.807, 2.05) is 25.1 Å². The molecule has 0 bridgehead atoms. The predicted molar refractivity (Wildman–Crippen MR) is 98.3 cm³/mol. The fraction of sp³-hybridized carbons (Fsp3) is 0.150. The van der Waals surface area contributed by atoms with Crippen molar-refractivity contribution in [2.75, 3.05) is 13.7 Å². The molecule has 6 nitrogen and oxygen atoms in total. The molecular weight excluding hydrogens is 330 g/mol. The Balaban J connectivity index is 1.81. The number of hydrogen-bond acceptors (Lipinski definition) is 5. The second kappa shape index (κ2) is 7.53. The van der Waals surface area contributed by atoms with E-state index in [-0.39, 0.29) is 6.61 Å². The fourth-order valence-electron chi connectivity index (χ4n) is 2.43. The van der Waals surface area contributed by atoms with E-state index in [4.69, 9.17) is 4.74 Å². The molecule has 1 heterocycles. The normalized spacial score (nSPS) is 11.2. The number of methoxy groups -OCH3 is 1. The fourth-order valence-corrected chi connectivity index (χ4v) is 2.43. The number of esters is 1. The smallest absolute Gasteiger partial charge is 0.343 e. The number of allylic oxidation sites excluding steroid dienone is 1. The molecule has 1 aromatic heterocycles. The third kappa shape index (κ3) is 3.90. The monoisotopic (exact) mass is 347 g/mol. The van der Waals surface area contributed by atoms with Crippen molar-refractivity contribution in [3.8, 4) is 11.8 Å². The Kier molecular flexibility index (Phi) is 4.99. The summed E-state index contributed by atoms with van der Waals surface area (Å²) in [6, 6.07) is 15.1. The Labute approximate surface area is 150 Å². The van der Waals surface area contributed by atoms with Crippen molar-refractivity contribution in [2.24, 2.45) is 0 Å². The second-order valence-electron chi connectivity index (χ2n) is 5.71. The molecule has 0 unspecified atom stereocenters. The Morgan fingerprint density at radius 1 is 1.27 bits per heavy atom. The number of nitrogens with one attached hydrogen (secondary N) is 1. The quantitative estimate of drug-likeness (QED) is 0.564. The van der Waals surface area contributed by atoms with Crippen molar-refractivity contribution in [1.82, 2.24) is 9.97 Å². The van der Waals surface area contributed by atoms with Crippen LogP contribution >= 0.6 is 0 Å². The van der Waals surface area contributed by atoms with Crippen molar-refractivity contribution in [3.63, 3.8) is 0 Å². The number of nitrogens with zero attached hydrogens (tertiary/aromatic N) is 2. The van der Waals surface area contributed by atoms with Gasteiger partial charge in [-0.2, -0.15) is 5.26 Å². The zero-order valence-electron chi connectivity index (χ0n) is 14.4. The van der Waals surface area contributed by atoms with Crippen LogP contribution in [0.15, 0.2) is 42.5 Å². The molecule has 26 heavy (non-hydrogen) atoms. The first-order valence-corrected chi connectivity index (χ1v) is 7.97. The Morgan fingerprint density at radius 2 is 2.04 bits per heavy atom. The summed E-state index contributed by atoms with van der Waals surface area (Å²) in [6.07, 6.45) is 1.74. The number of aromatic amines is 1. The van der Waals surface area contributed by atoms with Gasteiger partial charge < -0.3 is 14.5 Å². The zero-order valence-corrected chi connectivity index (χ0v) is 14.4. The van der Waals surface area contributed by atoms with E-state index in [2.05, 4.69) is 20.8 Å². The summed E-state index contributed by atoms with van der Waals surface area (Å²) in [5.41, 5.74) is 4.09. The van der Waals surface area contributed by atoms with Crippen molar-refractivity contribution >= 4 is 28.7 Å². The lowest BCUT2D eigenvalue weighted by Crippen LogP contribution is -2.12. The van der Waals surface area contributed by atoms with E-state index in [9.17, 15) is 10.1 Å². The van der Waals surface area contributed by atoms with Gasteiger partial charge in [-0.15, -0.1) is 0 Å². The number of rotatable bonds is 5. The van der Waals surface area contributed by atoms with Crippen molar-refractivity contribution < 1.29 is 14.3 Å². The van der Waals surface area contributed by atoms with Crippen molar-refractivity contribution in [1.29, 1.82) is 5.26 Å². The van der Waals surface area contributed by atoms with E-state index in [0.29, 0.717) is 17.1 Å². The number of aromatic nitrogens is 2. The van der Waals surface area contributed by atoms with Crippen molar-refractivity contribution in [2.45, 2.75) is 6.92 Å². The van der Waals surface area contributed by atoms with Crippen LogP contribution in [0.5, 0.6) is 5.75 Å². The average molecular weight is 347 g/mol. The molecule has 2 aromatic carbocycles. The Morgan fingerprint density at radius 3 is 2.73 bits per heavy atom. The maximum absolute atomic E-state index is 11.1. The highest BCUT2D eigenvalue weighted by Gasteiger charge is 2.08. The minimum Gasteiger partial charge on any atom is -0.482 e. The molecule has 6 heteroatoms. The molecule has 0 aliphatic carbocycles. The SMILES string of the molecule is COC(=O)COc1ccc(C=C(C#N)c2nc3ccc(C)cc3[nH]2)cc1. The molecule has 0 aliphatic heterocycles. The lowest BCUT2D eigenvalue weighted by Gasteiger charge is -2.04. The number of H-pyrrole nitrogens is 1. The van der Waals surface area contributed by atoms with Crippen molar-refractivity contribution in [3.05, 3.63) is 59.4 Å². The van der Waals surface area contributed by atoms with Gasteiger partial charge in [-0.05, 0) is 48.4 Å². The molecule has 1 N–H and O–H groups in total. The second-order valence-corrected chi connectivity index (χ2v) is 5.71. The van der Waals surface area contributed by atoms with Crippen LogP contribution in [0.4, 0.5) is 0 Å². The molecule has 0 amide bonds. The number of fused-ring (bicyclic) bond motifs is 1. The van der Waals surface area contributed by atoms with E-state index in [0.717, 1.165) is 22.2 Å². The van der Waals surface area contributed by atoms with Gasteiger partial charge in [0, 0.05) is 0 Å². The van der Waals surface area contributed by atoms with Gasteiger partial charge >= 0.3 is 5.97 Å². The zero-order chi connectivity index (χ0) is 18.5. The summed E-state index contributed by atoms with van der Waals surface area (Å²) in [6.45, 7) is 1.86. The molecule has 0 aliphatic rings. The highest BCUT2D eigenvalue weighted by molar-refractivity contribution is 5.90.